The summed E-state index contributed by atoms with van der Waals surface area (Å²) in [7, 11) is 4.42. The fraction of sp³-hybridized carbons (Fsp3) is 1.00. The molecule has 0 heterocycles. The van der Waals surface area contributed by atoms with Crippen LogP contribution in [0.2, 0.25) is 0 Å². The Morgan fingerprint density at radius 2 is 1.64 bits per heavy atom. The van der Waals surface area contributed by atoms with Crippen LogP contribution in [-0.4, -0.2) is 37.1 Å². The first-order chi connectivity index (χ1) is 6.75. The van der Waals surface area contributed by atoms with E-state index >= 15 is 0 Å². The Morgan fingerprint density at radius 1 is 0.929 bits per heavy atom. The number of hydrogen-bond acceptors (Lipinski definition) is 2. The summed E-state index contributed by atoms with van der Waals surface area (Å²) < 4.78 is 0. The van der Waals surface area contributed by atoms with E-state index in [1.165, 1.54) is 44.9 Å². The zero-order valence-corrected chi connectivity index (χ0v) is 9.63. The Bertz CT molecular complexity index is 173. The Hall–Kier alpha value is -0.0800. The molecule has 0 radical (unpaired) electrons. The summed E-state index contributed by atoms with van der Waals surface area (Å²) in [5.41, 5.74) is 0. The standard InChI is InChI=1S/C12H24N2/c1-14(2)12-8-7-11(9-12)13-10-5-3-4-6-10/h10-13H,3-9H2,1-2H3. The second-order valence-corrected chi connectivity index (χ2v) is 5.28. The first kappa shape index (κ1) is 10.4. The molecule has 0 aromatic carbocycles. The van der Waals surface area contributed by atoms with Gasteiger partial charge in [-0.1, -0.05) is 12.8 Å². The van der Waals surface area contributed by atoms with Crippen LogP contribution in [0.5, 0.6) is 0 Å². The largest absolute Gasteiger partial charge is 0.311 e. The minimum absolute atomic E-state index is 0.811. The second kappa shape index (κ2) is 4.63. The molecule has 2 rings (SSSR count). The predicted octanol–water partition coefficient (Wildman–Crippen LogP) is 2.00. The topological polar surface area (TPSA) is 15.3 Å². The molecule has 2 aliphatic rings. The van der Waals surface area contributed by atoms with Gasteiger partial charge < -0.3 is 10.2 Å². The minimum atomic E-state index is 0.811. The molecule has 0 amide bonds. The molecule has 2 unspecified atom stereocenters. The summed E-state index contributed by atoms with van der Waals surface area (Å²) in [6.07, 6.45) is 9.87. The van der Waals surface area contributed by atoms with Gasteiger partial charge in [-0.05, 0) is 46.2 Å². The van der Waals surface area contributed by atoms with Gasteiger partial charge in [-0.25, -0.2) is 0 Å². The summed E-state index contributed by atoms with van der Waals surface area (Å²) in [6, 6.07) is 2.49. The maximum absolute atomic E-state index is 3.84. The van der Waals surface area contributed by atoms with E-state index in [1.54, 1.807) is 0 Å². The quantitative estimate of drug-likeness (QED) is 0.743. The van der Waals surface area contributed by atoms with E-state index in [0.29, 0.717) is 0 Å². The number of nitrogens with zero attached hydrogens (tertiary/aromatic N) is 1. The highest BCUT2D eigenvalue weighted by Crippen LogP contribution is 2.25. The fourth-order valence-corrected chi connectivity index (χ4v) is 3.00. The van der Waals surface area contributed by atoms with Gasteiger partial charge in [0.05, 0.1) is 0 Å². The summed E-state index contributed by atoms with van der Waals surface area (Å²) in [5.74, 6) is 0. The van der Waals surface area contributed by atoms with Gasteiger partial charge in [0.2, 0.25) is 0 Å². The third-order valence-electron chi connectivity index (χ3n) is 3.96. The molecule has 0 aliphatic heterocycles. The van der Waals surface area contributed by atoms with Crippen LogP contribution in [0.15, 0.2) is 0 Å². The molecule has 1 N–H and O–H groups in total. The van der Waals surface area contributed by atoms with Crippen LogP contribution < -0.4 is 5.32 Å². The molecule has 0 aromatic rings. The van der Waals surface area contributed by atoms with Gasteiger partial charge in [-0.15, -0.1) is 0 Å². The smallest absolute Gasteiger partial charge is 0.0105 e. The van der Waals surface area contributed by atoms with Crippen LogP contribution in [0.3, 0.4) is 0 Å². The zero-order chi connectivity index (χ0) is 9.97. The highest BCUT2D eigenvalue weighted by molar-refractivity contribution is 4.88. The Labute approximate surface area is 88.1 Å². The van der Waals surface area contributed by atoms with Gasteiger partial charge in [0, 0.05) is 18.1 Å². The number of rotatable bonds is 3. The molecular weight excluding hydrogens is 172 g/mol. The number of hydrogen-bond donors (Lipinski definition) is 1. The number of nitrogens with one attached hydrogen (secondary N) is 1. The van der Waals surface area contributed by atoms with E-state index in [1.807, 2.05) is 0 Å². The summed E-state index contributed by atoms with van der Waals surface area (Å²) in [6.45, 7) is 0. The van der Waals surface area contributed by atoms with Crippen LogP contribution in [0.1, 0.15) is 44.9 Å². The molecule has 0 bridgehead atoms. The SMILES string of the molecule is CN(C)C1CCC(NC2CCCC2)C1. The van der Waals surface area contributed by atoms with Crippen molar-refractivity contribution in [3.8, 4) is 0 Å². The highest BCUT2D eigenvalue weighted by Gasteiger charge is 2.28. The van der Waals surface area contributed by atoms with Gasteiger partial charge in [0.25, 0.3) is 0 Å². The zero-order valence-electron chi connectivity index (χ0n) is 9.63. The first-order valence-electron chi connectivity index (χ1n) is 6.18. The lowest BCUT2D eigenvalue weighted by atomic mass is 10.1. The fourth-order valence-electron chi connectivity index (χ4n) is 3.00. The van der Waals surface area contributed by atoms with Crippen molar-refractivity contribution >= 4 is 0 Å². The van der Waals surface area contributed by atoms with Crippen LogP contribution >= 0.6 is 0 Å². The monoisotopic (exact) mass is 196 g/mol. The Morgan fingerprint density at radius 3 is 2.21 bits per heavy atom. The molecule has 2 nitrogen and oxygen atoms in total. The molecule has 2 saturated carbocycles. The summed E-state index contributed by atoms with van der Waals surface area (Å²) in [4.78, 5) is 2.39. The van der Waals surface area contributed by atoms with Gasteiger partial charge in [0.1, 0.15) is 0 Å². The van der Waals surface area contributed by atoms with Crippen molar-refractivity contribution in [1.82, 2.24) is 10.2 Å². The van der Waals surface area contributed by atoms with Crippen molar-refractivity contribution in [2.75, 3.05) is 14.1 Å². The van der Waals surface area contributed by atoms with Crippen molar-refractivity contribution < 1.29 is 0 Å². The maximum atomic E-state index is 3.84. The molecule has 0 spiro atoms. The van der Waals surface area contributed by atoms with Crippen molar-refractivity contribution in [3.63, 3.8) is 0 Å². The van der Waals surface area contributed by atoms with E-state index in [0.717, 1.165) is 18.1 Å². The summed E-state index contributed by atoms with van der Waals surface area (Å²) in [5, 5.41) is 3.84. The summed E-state index contributed by atoms with van der Waals surface area (Å²) >= 11 is 0. The lowest BCUT2D eigenvalue weighted by molar-refractivity contribution is 0.290. The molecule has 14 heavy (non-hydrogen) atoms. The average Bonchev–Trinajstić information content (AvgIpc) is 2.75. The molecule has 0 aromatic heterocycles. The highest BCUT2D eigenvalue weighted by atomic mass is 15.1. The molecule has 2 atom stereocenters. The van der Waals surface area contributed by atoms with Crippen LogP contribution in [0, 0.1) is 0 Å². The Balaban J connectivity index is 1.72. The van der Waals surface area contributed by atoms with Crippen molar-refractivity contribution in [1.29, 1.82) is 0 Å². The molecule has 0 saturated heterocycles. The first-order valence-corrected chi connectivity index (χ1v) is 6.18. The molecule has 2 heteroatoms. The Kier molecular flexibility index (Phi) is 3.45. The van der Waals surface area contributed by atoms with Gasteiger partial charge >= 0.3 is 0 Å². The molecule has 2 fully saturated rings. The van der Waals surface area contributed by atoms with Gasteiger partial charge in [0.15, 0.2) is 0 Å². The maximum Gasteiger partial charge on any atom is 0.0105 e. The molecule has 2 aliphatic carbocycles. The lowest BCUT2D eigenvalue weighted by Gasteiger charge is -2.21. The van der Waals surface area contributed by atoms with Gasteiger partial charge in [-0.2, -0.15) is 0 Å². The van der Waals surface area contributed by atoms with Crippen LogP contribution in [0.25, 0.3) is 0 Å². The predicted molar refractivity (Wildman–Crippen MR) is 60.5 cm³/mol. The van der Waals surface area contributed by atoms with Crippen LogP contribution in [-0.2, 0) is 0 Å². The average molecular weight is 196 g/mol. The van der Waals surface area contributed by atoms with Crippen molar-refractivity contribution in [2.24, 2.45) is 0 Å². The second-order valence-electron chi connectivity index (χ2n) is 5.28. The lowest BCUT2D eigenvalue weighted by Crippen LogP contribution is -2.36. The van der Waals surface area contributed by atoms with E-state index in [4.69, 9.17) is 0 Å². The normalized spacial score (nSPS) is 34.5. The molecular formula is C12H24N2. The van der Waals surface area contributed by atoms with Gasteiger partial charge in [-0.3, -0.25) is 0 Å². The van der Waals surface area contributed by atoms with E-state index < -0.39 is 0 Å². The van der Waals surface area contributed by atoms with Crippen molar-refractivity contribution in [2.45, 2.75) is 63.1 Å². The third kappa shape index (κ3) is 2.48. The van der Waals surface area contributed by atoms with E-state index in [9.17, 15) is 0 Å². The van der Waals surface area contributed by atoms with Crippen LogP contribution in [0.4, 0.5) is 0 Å². The van der Waals surface area contributed by atoms with E-state index in [2.05, 4.69) is 24.3 Å². The van der Waals surface area contributed by atoms with E-state index in [-0.39, 0.29) is 0 Å². The third-order valence-corrected chi connectivity index (χ3v) is 3.96. The minimum Gasteiger partial charge on any atom is -0.311 e. The van der Waals surface area contributed by atoms with Crippen molar-refractivity contribution in [3.05, 3.63) is 0 Å². The molecule has 82 valence electrons.